The Morgan fingerprint density at radius 2 is 2.08 bits per heavy atom. The van der Waals surface area contributed by atoms with Crippen molar-refractivity contribution in [1.82, 2.24) is 9.88 Å². The van der Waals surface area contributed by atoms with Crippen LogP contribution in [0.1, 0.15) is 36.0 Å². The highest BCUT2D eigenvalue weighted by Crippen LogP contribution is 2.29. The number of H-pyrrole nitrogens is 1. The average molecular weight is 328 g/mol. The third-order valence-corrected chi connectivity index (χ3v) is 4.92. The molecule has 2 aromatic rings. The van der Waals surface area contributed by atoms with Crippen LogP contribution in [0.4, 0.5) is 0 Å². The summed E-state index contributed by atoms with van der Waals surface area (Å²) in [5.74, 6) is 0.368. The third kappa shape index (κ3) is 2.67. The van der Waals surface area contributed by atoms with Gasteiger partial charge in [0.25, 0.3) is 11.5 Å². The summed E-state index contributed by atoms with van der Waals surface area (Å²) in [4.78, 5) is 29.9. The molecule has 2 atom stereocenters. The molecule has 0 aromatic carbocycles. The van der Waals surface area contributed by atoms with Crippen LogP contribution >= 0.6 is 0 Å². The normalized spacial score (nSPS) is 23.8. The van der Waals surface area contributed by atoms with Crippen LogP contribution < -0.4 is 5.56 Å². The zero-order chi connectivity index (χ0) is 16.5. The number of nitrogens with zero attached hydrogens (tertiary/aromatic N) is 1. The van der Waals surface area contributed by atoms with Crippen LogP contribution in [-0.2, 0) is 4.74 Å². The van der Waals surface area contributed by atoms with Crippen molar-refractivity contribution < 1.29 is 13.9 Å². The Kier molecular flexibility index (Phi) is 3.98. The number of fused-ring (bicyclic) bond motifs is 1. The predicted octanol–water partition coefficient (Wildman–Crippen LogP) is 2.42. The van der Waals surface area contributed by atoms with Gasteiger partial charge in [-0.1, -0.05) is 12.8 Å². The van der Waals surface area contributed by atoms with Gasteiger partial charge < -0.3 is 19.0 Å². The number of carbonyl (C=O) groups is 1. The van der Waals surface area contributed by atoms with Crippen LogP contribution in [0.2, 0.25) is 0 Å². The summed E-state index contributed by atoms with van der Waals surface area (Å²) in [5.41, 5.74) is 0.364. The Morgan fingerprint density at radius 1 is 1.21 bits per heavy atom. The van der Waals surface area contributed by atoms with Crippen LogP contribution in [0, 0.1) is 0 Å². The summed E-state index contributed by atoms with van der Waals surface area (Å²) in [7, 11) is 0. The first-order valence-electron chi connectivity index (χ1n) is 8.44. The highest BCUT2D eigenvalue weighted by atomic mass is 16.5. The molecule has 3 heterocycles. The molecule has 1 amide bonds. The molecule has 6 nitrogen and oxygen atoms in total. The van der Waals surface area contributed by atoms with Crippen molar-refractivity contribution >= 4 is 5.91 Å². The topological polar surface area (TPSA) is 75.5 Å². The smallest absolute Gasteiger partial charge is 0.261 e. The van der Waals surface area contributed by atoms with Gasteiger partial charge in [0.2, 0.25) is 0 Å². The lowest BCUT2D eigenvalue weighted by molar-refractivity contribution is -0.0753. The van der Waals surface area contributed by atoms with Crippen molar-refractivity contribution in [3.8, 4) is 11.5 Å². The van der Waals surface area contributed by atoms with E-state index in [-0.39, 0.29) is 29.2 Å². The summed E-state index contributed by atoms with van der Waals surface area (Å²) in [6, 6.07) is 6.91. The van der Waals surface area contributed by atoms with Crippen molar-refractivity contribution in [1.29, 1.82) is 0 Å². The molecule has 1 aliphatic carbocycles. The lowest BCUT2D eigenvalue weighted by Crippen LogP contribution is -2.55. The van der Waals surface area contributed by atoms with E-state index in [0.29, 0.717) is 24.6 Å². The molecule has 4 rings (SSSR count). The maximum Gasteiger partial charge on any atom is 0.261 e. The minimum absolute atomic E-state index is 0.0872. The molecule has 1 aliphatic heterocycles. The maximum atomic E-state index is 12.9. The number of nitrogens with one attached hydrogen (secondary N) is 1. The van der Waals surface area contributed by atoms with Gasteiger partial charge in [-0.15, -0.1) is 0 Å². The standard InChI is InChI=1S/C18H20N2O4/c21-17-12(7-8-13(19-17)15-6-3-10-23-15)18(22)20-9-11-24-16-5-2-1-4-14(16)20/h3,6-8,10,14,16H,1-2,4-5,9,11H2,(H,19,21)/t14-,16-/m1/s1. The molecular weight excluding hydrogens is 308 g/mol. The first-order valence-corrected chi connectivity index (χ1v) is 8.44. The van der Waals surface area contributed by atoms with Crippen LogP contribution in [-0.4, -0.2) is 41.1 Å². The molecule has 2 aromatic heterocycles. The van der Waals surface area contributed by atoms with Crippen LogP contribution in [0.5, 0.6) is 0 Å². The van der Waals surface area contributed by atoms with E-state index >= 15 is 0 Å². The molecule has 1 saturated carbocycles. The molecule has 0 radical (unpaired) electrons. The molecule has 1 N–H and O–H groups in total. The Bertz CT molecular complexity index is 779. The number of carbonyl (C=O) groups excluding carboxylic acids is 1. The molecule has 126 valence electrons. The number of hydrogen-bond donors (Lipinski definition) is 1. The highest BCUT2D eigenvalue weighted by molar-refractivity contribution is 5.94. The monoisotopic (exact) mass is 328 g/mol. The van der Waals surface area contributed by atoms with Gasteiger partial charge in [0.1, 0.15) is 11.3 Å². The number of ether oxygens (including phenoxy) is 1. The van der Waals surface area contributed by atoms with Gasteiger partial charge in [-0.05, 0) is 37.1 Å². The first kappa shape index (κ1) is 15.2. The number of furan rings is 1. The fourth-order valence-electron chi connectivity index (χ4n) is 3.72. The summed E-state index contributed by atoms with van der Waals surface area (Å²) in [6.45, 7) is 1.08. The number of aromatic amines is 1. The number of morpholine rings is 1. The van der Waals surface area contributed by atoms with Gasteiger partial charge in [-0.25, -0.2) is 0 Å². The lowest BCUT2D eigenvalue weighted by Gasteiger charge is -2.43. The largest absolute Gasteiger partial charge is 0.463 e. The van der Waals surface area contributed by atoms with E-state index < -0.39 is 0 Å². The fraction of sp³-hybridized carbons (Fsp3) is 0.444. The third-order valence-electron chi connectivity index (χ3n) is 4.92. The Balaban J connectivity index is 1.61. The van der Waals surface area contributed by atoms with E-state index in [1.807, 2.05) is 4.90 Å². The van der Waals surface area contributed by atoms with E-state index in [4.69, 9.17) is 9.15 Å². The average Bonchev–Trinajstić information content (AvgIpc) is 3.15. The molecule has 0 unspecified atom stereocenters. The van der Waals surface area contributed by atoms with Crippen LogP contribution in [0.25, 0.3) is 11.5 Å². The van der Waals surface area contributed by atoms with Crippen molar-refractivity contribution in [2.24, 2.45) is 0 Å². The van der Waals surface area contributed by atoms with E-state index in [1.54, 1.807) is 30.5 Å². The van der Waals surface area contributed by atoms with E-state index in [9.17, 15) is 9.59 Å². The minimum Gasteiger partial charge on any atom is -0.463 e. The number of pyridine rings is 1. The molecule has 24 heavy (non-hydrogen) atoms. The second-order valence-electron chi connectivity index (χ2n) is 6.35. The summed E-state index contributed by atoms with van der Waals surface area (Å²) in [6.07, 6.45) is 5.83. The van der Waals surface area contributed by atoms with Crippen LogP contribution in [0.15, 0.2) is 39.7 Å². The quantitative estimate of drug-likeness (QED) is 0.918. The minimum atomic E-state index is -0.382. The van der Waals surface area contributed by atoms with Crippen molar-refractivity contribution in [2.75, 3.05) is 13.2 Å². The molecule has 0 spiro atoms. The van der Waals surface area contributed by atoms with Gasteiger partial charge in [0, 0.05) is 6.54 Å². The zero-order valence-electron chi connectivity index (χ0n) is 13.4. The van der Waals surface area contributed by atoms with Crippen molar-refractivity contribution in [2.45, 2.75) is 37.8 Å². The second kappa shape index (κ2) is 6.28. The van der Waals surface area contributed by atoms with Gasteiger partial charge in [0.05, 0.1) is 30.7 Å². The second-order valence-corrected chi connectivity index (χ2v) is 6.35. The maximum absolute atomic E-state index is 12.9. The van der Waals surface area contributed by atoms with Gasteiger partial charge >= 0.3 is 0 Å². The fourth-order valence-corrected chi connectivity index (χ4v) is 3.72. The van der Waals surface area contributed by atoms with Gasteiger partial charge in [0.15, 0.2) is 0 Å². The summed E-state index contributed by atoms with van der Waals surface area (Å²) >= 11 is 0. The Hall–Kier alpha value is -2.34. The van der Waals surface area contributed by atoms with Gasteiger partial charge in [-0.3, -0.25) is 9.59 Å². The molecule has 0 bridgehead atoms. The first-order chi connectivity index (χ1) is 11.7. The van der Waals surface area contributed by atoms with Gasteiger partial charge in [-0.2, -0.15) is 0 Å². The Morgan fingerprint density at radius 3 is 2.88 bits per heavy atom. The highest BCUT2D eigenvalue weighted by Gasteiger charge is 2.37. The van der Waals surface area contributed by atoms with E-state index in [2.05, 4.69) is 4.98 Å². The Labute approximate surface area is 139 Å². The molecule has 2 aliphatic rings. The lowest BCUT2D eigenvalue weighted by atomic mass is 9.90. The molecule has 6 heteroatoms. The zero-order valence-corrected chi connectivity index (χ0v) is 13.4. The predicted molar refractivity (Wildman–Crippen MR) is 87.8 cm³/mol. The van der Waals surface area contributed by atoms with Crippen LogP contribution in [0.3, 0.4) is 0 Å². The molecule has 2 fully saturated rings. The number of aromatic nitrogens is 1. The summed E-state index contributed by atoms with van der Waals surface area (Å²) < 4.78 is 11.1. The van der Waals surface area contributed by atoms with E-state index in [0.717, 1.165) is 25.7 Å². The van der Waals surface area contributed by atoms with E-state index in [1.165, 1.54) is 0 Å². The van der Waals surface area contributed by atoms with Crippen molar-refractivity contribution in [3.63, 3.8) is 0 Å². The summed E-state index contributed by atoms with van der Waals surface area (Å²) in [5, 5.41) is 0. The number of hydrogen-bond acceptors (Lipinski definition) is 4. The van der Waals surface area contributed by atoms with Crippen molar-refractivity contribution in [3.05, 3.63) is 46.4 Å². The molecule has 1 saturated heterocycles. The number of amides is 1. The number of rotatable bonds is 2. The molecular formula is C18H20N2O4. The SMILES string of the molecule is O=C(c1ccc(-c2ccco2)[nH]c1=O)N1CCO[C@@H]2CCCC[C@H]21.